The maximum absolute atomic E-state index is 11.9. The summed E-state index contributed by atoms with van der Waals surface area (Å²) >= 11 is 0. The molecule has 0 saturated carbocycles. The number of hydrogen-bond acceptors (Lipinski definition) is 3. The summed E-state index contributed by atoms with van der Waals surface area (Å²) in [6, 6.07) is 0. The van der Waals surface area contributed by atoms with Gasteiger partial charge in [0.05, 0.1) is 12.6 Å². The predicted octanol–water partition coefficient (Wildman–Crippen LogP) is 2.51. The van der Waals surface area contributed by atoms with Crippen molar-refractivity contribution in [2.75, 3.05) is 19.7 Å². The number of carbonyl (C=O) groups is 1. The Balaban J connectivity index is 0.00000361. The fourth-order valence-corrected chi connectivity index (χ4v) is 2.94. The summed E-state index contributed by atoms with van der Waals surface area (Å²) in [5.74, 6) is 0.0623. The summed E-state index contributed by atoms with van der Waals surface area (Å²) in [5.41, 5.74) is 0.0444. The van der Waals surface area contributed by atoms with Gasteiger partial charge in [-0.25, -0.2) is 0 Å². The largest absolute Gasteiger partial charge is 0.377 e. The number of rotatable bonds is 6. The van der Waals surface area contributed by atoms with Gasteiger partial charge in [-0.3, -0.25) is 4.79 Å². The van der Waals surface area contributed by atoms with Crippen LogP contribution >= 0.6 is 12.4 Å². The van der Waals surface area contributed by atoms with E-state index < -0.39 is 0 Å². The highest BCUT2D eigenvalue weighted by Crippen LogP contribution is 2.26. The lowest BCUT2D eigenvalue weighted by Crippen LogP contribution is -2.49. The van der Waals surface area contributed by atoms with Crippen LogP contribution in [0.4, 0.5) is 0 Å². The zero-order valence-electron chi connectivity index (χ0n) is 13.5. The van der Waals surface area contributed by atoms with E-state index in [-0.39, 0.29) is 35.4 Å². The molecule has 0 aromatic carbocycles. The number of ether oxygens (including phenoxy) is 1. The minimum Gasteiger partial charge on any atom is -0.377 e. The first kappa shape index (κ1) is 19.7. The van der Waals surface area contributed by atoms with Crippen molar-refractivity contribution in [3.05, 3.63) is 0 Å². The molecule has 1 aliphatic heterocycles. The molecule has 0 radical (unpaired) electrons. The smallest absolute Gasteiger partial charge is 0.234 e. The van der Waals surface area contributed by atoms with E-state index >= 15 is 0 Å². The fourth-order valence-electron chi connectivity index (χ4n) is 2.94. The van der Waals surface area contributed by atoms with Crippen molar-refractivity contribution in [3.8, 4) is 0 Å². The van der Waals surface area contributed by atoms with Gasteiger partial charge in [-0.2, -0.15) is 0 Å². The maximum Gasteiger partial charge on any atom is 0.234 e. The summed E-state index contributed by atoms with van der Waals surface area (Å²) in [5, 5.41) is 6.27. The van der Waals surface area contributed by atoms with Crippen molar-refractivity contribution in [3.63, 3.8) is 0 Å². The second-order valence-electron chi connectivity index (χ2n) is 7.44. The first-order chi connectivity index (χ1) is 8.68. The number of amides is 1. The molecule has 5 heteroatoms. The maximum atomic E-state index is 11.9. The third-order valence-electron chi connectivity index (χ3n) is 3.13. The van der Waals surface area contributed by atoms with E-state index in [0.717, 1.165) is 32.4 Å². The van der Waals surface area contributed by atoms with Crippen LogP contribution in [0.1, 0.15) is 53.9 Å². The lowest BCUT2D eigenvalue weighted by atomic mass is 9.82. The van der Waals surface area contributed by atoms with Gasteiger partial charge in [-0.05, 0) is 38.5 Å². The summed E-state index contributed by atoms with van der Waals surface area (Å²) in [7, 11) is 0. The molecule has 0 spiro atoms. The zero-order chi connectivity index (χ0) is 14.5. The number of nitrogens with one attached hydrogen (secondary N) is 2. The van der Waals surface area contributed by atoms with Crippen LogP contribution < -0.4 is 10.6 Å². The minimum absolute atomic E-state index is 0. The van der Waals surface area contributed by atoms with Gasteiger partial charge in [-0.15, -0.1) is 12.4 Å². The molecule has 1 heterocycles. The zero-order valence-corrected chi connectivity index (χ0v) is 14.4. The van der Waals surface area contributed by atoms with Gasteiger partial charge in [0.15, 0.2) is 0 Å². The SMILES string of the molecule is CC(C)(C)CC(C)(C)NC(=O)CNCC1CCCO1.Cl. The van der Waals surface area contributed by atoms with Gasteiger partial charge >= 0.3 is 0 Å². The summed E-state index contributed by atoms with van der Waals surface area (Å²) in [4.78, 5) is 11.9. The number of halogens is 1. The summed E-state index contributed by atoms with van der Waals surface area (Å²) < 4.78 is 5.51. The highest BCUT2D eigenvalue weighted by Gasteiger charge is 2.26. The molecular formula is C15H31ClN2O2. The Morgan fingerprint density at radius 1 is 1.25 bits per heavy atom. The molecule has 1 rings (SSSR count). The number of hydrogen-bond donors (Lipinski definition) is 2. The lowest BCUT2D eigenvalue weighted by Gasteiger charge is -2.33. The molecule has 1 fully saturated rings. The van der Waals surface area contributed by atoms with Crippen LogP contribution in [-0.2, 0) is 9.53 Å². The summed E-state index contributed by atoms with van der Waals surface area (Å²) in [6.45, 7) is 12.7. The minimum atomic E-state index is -0.166. The third-order valence-corrected chi connectivity index (χ3v) is 3.13. The Bertz CT molecular complexity index is 295. The highest BCUT2D eigenvalue weighted by atomic mass is 35.5. The molecule has 120 valence electrons. The van der Waals surface area contributed by atoms with Gasteiger partial charge in [-0.1, -0.05) is 20.8 Å². The lowest BCUT2D eigenvalue weighted by molar-refractivity contribution is -0.122. The molecule has 0 aliphatic carbocycles. The fraction of sp³-hybridized carbons (Fsp3) is 0.933. The predicted molar refractivity (Wildman–Crippen MR) is 85.4 cm³/mol. The quantitative estimate of drug-likeness (QED) is 0.793. The Hall–Kier alpha value is -0.320. The van der Waals surface area contributed by atoms with Crippen molar-refractivity contribution in [1.82, 2.24) is 10.6 Å². The van der Waals surface area contributed by atoms with Crippen molar-refractivity contribution in [2.24, 2.45) is 5.41 Å². The van der Waals surface area contributed by atoms with Crippen LogP contribution in [0.25, 0.3) is 0 Å². The van der Waals surface area contributed by atoms with Crippen LogP contribution in [0.2, 0.25) is 0 Å². The molecule has 0 aromatic rings. The van der Waals surface area contributed by atoms with Crippen molar-refractivity contribution < 1.29 is 9.53 Å². The normalized spacial score (nSPS) is 19.6. The van der Waals surface area contributed by atoms with Gasteiger partial charge in [0.2, 0.25) is 5.91 Å². The standard InChI is InChI=1S/C15H30N2O2.ClH/c1-14(2,3)11-15(4,5)17-13(18)10-16-9-12-7-6-8-19-12;/h12,16H,6-11H2,1-5H3,(H,17,18);1H. The Kier molecular flexibility index (Phi) is 8.07. The monoisotopic (exact) mass is 306 g/mol. The molecular weight excluding hydrogens is 276 g/mol. The average molecular weight is 307 g/mol. The van der Waals surface area contributed by atoms with Gasteiger partial charge in [0.1, 0.15) is 0 Å². The topological polar surface area (TPSA) is 50.4 Å². The molecule has 1 saturated heterocycles. The van der Waals surface area contributed by atoms with E-state index in [1.54, 1.807) is 0 Å². The van der Waals surface area contributed by atoms with Crippen LogP contribution in [0.5, 0.6) is 0 Å². The molecule has 0 aromatic heterocycles. The molecule has 2 N–H and O–H groups in total. The first-order valence-corrected chi connectivity index (χ1v) is 7.31. The van der Waals surface area contributed by atoms with Crippen LogP contribution in [0.3, 0.4) is 0 Å². The van der Waals surface area contributed by atoms with Gasteiger partial charge in [0.25, 0.3) is 0 Å². The van der Waals surface area contributed by atoms with Gasteiger partial charge < -0.3 is 15.4 Å². The molecule has 1 amide bonds. The van der Waals surface area contributed by atoms with Crippen molar-refractivity contribution >= 4 is 18.3 Å². The third kappa shape index (κ3) is 8.77. The van der Waals surface area contributed by atoms with E-state index in [1.807, 2.05) is 0 Å². The Morgan fingerprint density at radius 3 is 2.40 bits per heavy atom. The van der Waals surface area contributed by atoms with Crippen molar-refractivity contribution in [1.29, 1.82) is 0 Å². The molecule has 4 nitrogen and oxygen atoms in total. The molecule has 1 atom stereocenters. The van der Waals surface area contributed by atoms with E-state index in [0.29, 0.717) is 6.54 Å². The Morgan fingerprint density at radius 2 is 1.90 bits per heavy atom. The van der Waals surface area contributed by atoms with E-state index in [4.69, 9.17) is 4.74 Å². The van der Waals surface area contributed by atoms with Crippen LogP contribution in [0.15, 0.2) is 0 Å². The Labute approximate surface area is 129 Å². The van der Waals surface area contributed by atoms with E-state index in [1.165, 1.54) is 0 Å². The van der Waals surface area contributed by atoms with E-state index in [2.05, 4.69) is 45.3 Å². The van der Waals surface area contributed by atoms with Crippen LogP contribution in [0, 0.1) is 5.41 Å². The number of carbonyl (C=O) groups excluding carboxylic acids is 1. The molecule has 0 bridgehead atoms. The molecule has 1 unspecified atom stereocenters. The molecule has 20 heavy (non-hydrogen) atoms. The van der Waals surface area contributed by atoms with Crippen molar-refractivity contribution in [2.45, 2.75) is 65.5 Å². The molecule has 1 aliphatic rings. The van der Waals surface area contributed by atoms with Gasteiger partial charge in [0, 0.05) is 18.7 Å². The van der Waals surface area contributed by atoms with Crippen LogP contribution in [-0.4, -0.2) is 37.2 Å². The van der Waals surface area contributed by atoms with E-state index in [9.17, 15) is 4.79 Å². The highest BCUT2D eigenvalue weighted by molar-refractivity contribution is 5.85. The summed E-state index contributed by atoms with van der Waals surface area (Å²) in [6.07, 6.45) is 3.48. The second-order valence-corrected chi connectivity index (χ2v) is 7.44. The first-order valence-electron chi connectivity index (χ1n) is 7.31. The average Bonchev–Trinajstić information content (AvgIpc) is 2.64. The second kappa shape index (κ2) is 8.20.